The molecule has 1 aromatic heterocycles. The number of aromatic nitrogens is 2. The smallest absolute Gasteiger partial charge is 0.261 e. The first-order chi connectivity index (χ1) is 17.1. The van der Waals surface area contributed by atoms with Crippen LogP contribution in [-0.4, -0.2) is 58.5 Å². The summed E-state index contributed by atoms with van der Waals surface area (Å²) >= 11 is 0. The van der Waals surface area contributed by atoms with Crippen molar-refractivity contribution in [3.63, 3.8) is 0 Å². The number of carbonyl (C=O) groups excluding carboxylic acids is 1. The van der Waals surface area contributed by atoms with E-state index in [2.05, 4.69) is 17.0 Å². The Labute approximate surface area is 206 Å². The van der Waals surface area contributed by atoms with Gasteiger partial charge in [-0.2, -0.15) is 0 Å². The highest BCUT2D eigenvalue weighted by Crippen LogP contribution is 2.19. The van der Waals surface area contributed by atoms with Gasteiger partial charge in [-0.1, -0.05) is 25.0 Å². The van der Waals surface area contributed by atoms with Crippen molar-refractivity contribution in [2.45, 2.75) is 51.6 Å². The minimum atomic E-state index is 0.0202. The van der Waals surface area contributed by atoms with Crippen LogP contribution < -0.4 is 10.3 Å². The van der Waals surface area contributed by atoms with Crippen molar-refractivity contribution < 1.29 is 9.53 Å². The lowest BCUT2D eigenvalue weighted by atomic mass is 10.1. The molecule has 1 amide bonds. The van der Waals surface area contributed by atoms with Crippen LogP contribution in [0.25, 0.3) is 10.9 Å². The van der Waals surface area contributed by atoms with Crippen molar-refractivity contribution in [2.24, 2.45) is 0 Å². The molecule has 0 unspecified atom stereocenters. The van der Waals surface area contributed by atoms with Gasteiger partial charge in [-0.15, -0.1) is 0 Å². The molecule has 0 atom stereocenters. The Morgan fingerprint density at radius 1 is 0.914 bits per heavy atom. The summed E-state index contributed by atoms with van der Waals surface area (Å²) in [5, 5.41) is 0.604. The third-order valence-electron chi connectivity index (χ3n) is 7.25. The fraction of sp³-hybridized carbons (Fsp3) is 0.464. The average Bonchev–Trinajstić information content (AvgIpc) is 3.10. The van der Waals surface area contributed by atoms with Gasteiger partial charge in [0.05, 0.1) is 18.0 Å². The molecular weight excluding hydrogens is 440 g/mol. The number of carbonyl (C=O) groups is 1. The van der Waals surface area contributed by atoms with Crippen LogP contribution in [0.3, 0.4) is 0 Å². The Morgan fingerprint density at radius 2 is 1.74 bits per heavy atom. The second-order valence-electron chi connectivity index (χ2n) is 9.65. The summed E-state index contributed by atoms with van der Waals surface area (Å²) in [5.41, 5.74) is 2.52. The first-order valence-corrected chi connectivity index (χ1v) is 12.8. The Morgan fingerprint density at radius 3 is 2.57 bits per heavy atom. The lowest BCUT2D eigenvalue weighted by Crippen LogP contribution is -2.35. The van der Waals surface area contributed by atoms with Crippen molar-refractivity contribution in [1.29, 1.82) is 0 Å². The highest BCUT2D eigenvalue weighted by molar-refractivity contribution is 5.97. The molecular formula is C28H34N4O3. The second-order valence-corrected chi connectivity index (χ2v) is 9.65. The second kappa shape index (κ2) is 10.6. The van der Waals surface area contributed by atoms with Gasteiger partial charge < -0.3 is 9.64 Å². The Hall–Kier alpha value is -3.19. The van der Waals surface area contributed by atoms with Crippen LogP contribution in [0.2, 0.25) is 0 Å². The molecule has 184 valence electrons. The van der Waals surface area contributed by atoms with Gasteiger partial charge in [0.15, 0.2) is 0 Å². The molecule has 0 spiro atoms. The molecule has 2 aromatic carbocycles. The molecule has 2 aliphatic rings. The lowest BCUT2D eigenvalue weighted by molar-refractivity contribution is 0.0761. The molecule has 0 bridgehead atoms. The lowest BCUT2D eigenvalue weighted by Gasteiger charge is -2.22. The Balaban J connectivity index is 1.30. The van der Waals surface area contributed by atoms with Crippen LogP contribution in [0.5, 0.6) is 5.75 Å². The quantitative estimate of drug-likeness (QED) is 0.574. The minimum absolute atomic E-state index is 0.0202. The van der Waals surface area contributed by atoms with Gasteiger partial charge in [0, 0.05) is 51.3 Å². The fourth-order valence-electron chi connectivity index (χ4n) is 5.23. The first-order valence-electron chi connectivity index (χ1n) is 12.8. The summed E-state index contributed by atoms with van der Waals surface area (Å²) in [5.74, 6) is 1.74. The van der Waals surface area contributed by atoms with Crippen LogP contribution in [0.4, 0.5) is 0 Å². The van der Waals surface area contributed by atoms with E-state index in [4.69, 9.17) is 9.72 Å². The predicted octanol–water partition coefficient (Wildman–Crippen LogP) is 3.87. The number of methoxy groups -OCH3 is 1. The molecule has 5 rings (SSSR count). The monoisotopic (exact) mass is 474 g/mol. The summed E-state index contributed by atoms with van der Waals surface area (Å²) in [7, 11) is 1.68. The van der Waals surface area contributed by atoms with Crippen LogP contribution in [0.1, 0.15) is 53.8 Å². The number of benzene rings is 2. The van der Waals surface area contributed by atoms with Gasteiger partial charge in [0.1, 0.15) is 11.6 Å². The van der Waals surface area contributed by atoms with Gasteiger partial charge in [0.25, 0.3) is 11.5 Å². The van der Waals surface area contributed by atoms with Crippen molar-refractivity contribution in [3.8, 4) is 5.75 Å². The highest BCUT2D eigenvalue weighted by atomic mass is 16.5. The zero-order valence-electron chi connectivity index (χ0n) is 20.5. The van der Waals surface area contributed by atoms with Gasteiger partial charge in [0.2, 0.25) is 0 Å². The zero-order valence-corrected chi connectivity index (χ0v) is 20.5. The fourth-order valence-corrected chi connectivity index (χ4v) is 5.23. The number of hydrogen-bond donors (Lipinski definition) is 0. The number of amides is 1. The van der Waals surface area contributed by atoms with Crippen LogP contribution in [-0.2, 0) is 19.5 Å². The summed E-state index contributed by atoms with van der Waals surface area (Å²) in [6.45, 7) is 4.81. The first kappa shape index (κ1) is 23.5. The maximum Gasteiger partial charge on any atom is 0.261 e. The summed E-state index contributed by atoms with van der Waals surface area (Å²) in [6.07, 6.45) is 6.15. The molecule has 1 fully saturated rings. The van der Waals surface area contributed by atoms with Gasteiger partial charge in [-0.3, -0.25) is 19.1 Å². The third kappa shape index (κ3) is 5.25. The number of nitrogens with zero attached hydrogens (tertiary/aromatic N) is 4. The van der Waals surface area contributed by atoms with Crippen molar-refractivity contribution in [2.75, 3.05) is 33.3 Å². The van der Waals surface area contributed by atoms with Crippen LogP contribution >= 0.6 is 0 Å². The van der Waals surface area contributed by atoms with E-state index in [9.17, 15) is 9.59 Å². The average molecular weight is 475 g/mol. The molecule has 7 heteroatoms. The number of aryl methyl sites for hydroxylation is 1. The van der Waals surface area contributed by atoms with Gasteiger partial charge in [-0.05, 0) is 55.2 Å². The van der Waals surface area contributed by atoms with E-state index in [1.165, 1.54) is 12.0 Å². The largest absolute Gasteiger partial charge is 0.497 e. The molecule has 0 radical (unpaired) electrons. The zero-order chi connectivity index (χ0) is 24.2. The Bertz CT molecular complexity index is 1250. The number of hydrogen-bond acceptors (Lipinski definition) is 5. The normalized spacial score (nSPS) is 17.3. The maximum absolute atomic E-state index is 13.4. The minimum Gasteiger partial charge on any atom is -0.497 e. The number of fused-ring (bicyclic) bond motifs is 2. The van der Waals surface area contributed by atoms with Crippen molar-refractivity contribution in [1.82, 2.24) is 19.4 Å². The van der Waals surface area contributed by atoms with Crippen molar-refractivity contribution in [3.05, 3.63) is 69.8 Å². The summed E-state index contributed by atoms with van der Waals surface area (Å²) in [4.78, 5) is 35.7. The molecule has 0 saturated carbocycles. The maximum atomic E-state index is 13.4. The molecule has 7 nitrogen and oxygen atoms in total. The number of ether oxygens (including phenoxy) is 1. The summed E-state index contributed by atoms with van der Waals surface area (Å²) < 4.78 is 7.09. The van der Waals surface area contributed by atoms with Crippen molar-refractivity contribution >= 4 is 16.8 Å². The SMILES string of the molecule is COc1ccc(CN2CCCN(C(=O)c3ccc4c(=O)n5c(nc4c3)CCCCCC5)CC2)cc1. The van der Waals surface area contributed by atoms with E-state index >= 15 is 0 Å². The van der Waals surface area contributed by atoms with E-state index in [0.717, 1.165) is 76.4 Å². The molecule has 3 heterocycles. The Kier molecular flexibility index (Phi) is 7.13. The molecule has 0 N–H and O–H groups in total. The van der Waals surface area contributed by atoms with Gasteiger partial charge in [-0.25, -0.2) is 4.98 Å². The summed E-state index contributed by atoms with van der Waals surface area (Å²) in [6, 6.07) is 13.6. The van der Waals surface area contributed by atoms with Gasteiger partial charge >= 0.3 is 0 Å². The van der Waals surface area contributed by atoms with E-state index in [1.54, 1.807) is 19.2 Å². The molecule has 0 aliphatic carbocycles. The molecule has 3 aromatic rings. The molecule has 1 saturated heterocycles. The molecule has 35 heavy (non-hydrogen) atoms. The predicted molar refractivity (Wildman–Crippen MR) is 137 cm³/mol. The van der Waals surface area contributed by atoms with E-state index in [0.29, 0.717) is 23.0 Å². The third-order valence-corrected chi connectivity index (χ3v) is 7.25. The topological polar surface area (TPSA) is 67.7 Å². The van der Waals surface area contributed by atoms with E-state index in [1.807, 2.05) is 27.7 Å². The van der Waals surface area contributed by atoms with Crippen LogP contribution in [0, 0.1) is 0 Å². The molecule has 2 aliphatic heterocycles. The van der Waals surface area contributed by atoms with E-state index < -0.39 is 0 Å². The van der Waals surface area contributed by atoms with Crippen LogP contribution in [0.15, 0.2) is 47.3 Å². The number of rotatable bonds is 4. The highest BCUT2D eigenvalue weighted by Gasteiger charge is 2.22. The standard InChI is InChI=1S/C28H34N4O3/c1-35-23-11-8-21(9-12-23)20-30-14-6-15-31(18-17-30)27(33)22-10-13-24-25(19-22)29-26-7-4-2-3-5-16-32(26)28(24)34/h8-13,19H,2-7,14-18,20H2,1H3. The van der Waals surface area contributed by atoms with E-state index in [-0.39, 0.29) is 11.5 Å².